The van der Waals surface area contributed by atoms with Gasteiger partial charge in [0.2, 0.25) is 11.8 Å². The first-order chi connectivity index (χ1) is 11.0. The number of likely N-dealkylation sites (N-methyl/N-ethyl adjacent to an activating group) is 1. The van der Waals surface area contributed by atoms with Gasteiger partial charge in [-0.3, -0.25) is 14.5 Å². The van der Waals surface area contributed by atoms with Crippen molar-refractivity contribution in [3.8, 4) is 5.75 Å². The fourth-order valence-electron chi connectivity index (χ4n) is 2.18. The van der Waals surface area contributed by atoms with E-state index in [1.807, 2.05) is 44.0 Å². The van der Waals surface area contributed by atoms with E-state index in [1.54, 1.807) is 7.11 Å². The van der Waals surface area contributed by atoms with Crippen LogP contribution in [0.2, 0.25) is 0 Å². The Labute approximate surface area is 138 Å². The van der Waals surface area contributed by atoms with Crippen molar-refractivity contribution in [2.75, 3.05) is 33.8 Å². The third-order valence-electron chi connectivity index (χ3n) is 3.31. The molecule has 0 fully saturated rings. The van der Waals surface area contributed by atoms with Crippen LogP contribution < -0.4 is 15.4 Å². The second-order valence-corrected chi connectivity index (χ2v) is 5.61. The van der Waals surface area contributed by atoms with Gasteiger partial charge in [0, 0.05) is 18.7 Å². The van der Waals surface area contributed by atoms with Gasteiger partial charge in [-0.25, -0.2) is 0 Å². The van der Waals surface area contributed by atoms with Gasteiger partial charge in [-0.15, -0.1) is 0 Å². The molecule has 128 valence electrons. The Morgan fingerprint density at radius 2 is 1.96 bits per heavy atom. The minimum atomic E-state index is -0.175. The maximum atomic E-state index is 11.9. The molecule has 0 heterocycles. The predicted molar refractivity (Wildman–Crippen MR) is 90.4 cm³/mol. The van der Waals surface area contributed by atoms with Crippen molar-refractivity contribution >= 4 is 11.8 Å². The van der Waals surface area contributed by atoms with Crippen LogP contribution in [0, 0.1) is 6.92 Å². The molecule has 1 aromatic rings. The van der Waals surface area contributed by atoms with Gasteiger partial charge in [0.25, 0.3) is 0 Å². The van der Waals surface area contributed by atoms with Crippen molar-refractivity contribution in [1.29, 1.82) is 0 Å². The Balaban J connectivity index is 2.44. The molecular weight excluding hydrogens is 294 g/mol. The first kappa shape index (κ1) is 19.0. The van der Waals surface area contributed by atoms with E-state index in [2.05, 4.69) is 10.6 Å². The fraction of sp³-hybridized carbons (Fsp3) is 0.529. The van der Waals surface area contributed by atoms with E-state index in [4.69, 9.17) is 4.74 Å². The van der Waals surface area contributed by atoms with Gasteiger partial charge in [0.05, 0.1) is 20.2 Å². The summed E-state index contributed by atoms with van der Waals surface area (Å²) in [4.78, 5) is 25.2. The molecule has 0 atom stereocenters. The van der Waals surface area contributed by atoms with Gasteiger partial charge in [-0.2, -0.15) is 0 Å². The van der Waals surface area contributed by atoms with Gasteiger partial charge < -0.3 is 15.4 Å². The number of rotatable bonds is 9. The Bertz CT molecular complexity index is 532. The van der Waals surface area contributed by atoms with Gasteiger partial charge in [-0.1, -0.05) is 24.6 Å². The number of aryl methyl sites for hydroxylation is 1. The molecule has 6 nitrogen and oxygen atoms in total. The van der Waals surface area contributed by atoms with Crippen LogP contribution in [-0.4, -0.2) is 50.5 Å². The summed E-state index contributed by atoms with van der Waals surface area (Å²) in [5, 5.41) is 5.34. The van der Waals surface area contributed by atoms with Crippen LogP contribution in [-0.2, 0) is 16.1 Å². The summed E-state index contributed by atoms with van der Waals surface area (Å²) in [7, 11) is 3.49. The molecular formula is C17H27N3O3. The Hall–Kier alpha value is -2.08. The second kappa shape index (κ2) is 9.84. The van der Waals surface area contributed by atoms with E-state index >= 15 is 0 Å². The smallest absolute Gasteiger partial charge is 0.239 e. The third-order valence-corrected chi connectivity index (χ3v) is 3.31. The molecule has 0 aromatic heterocycles. The first-order valence-corrected chi connectivity index (χ1v) is 7.81. The molecule has 0 spiro atoms. The monoisotopic (exact) mass is 321 g/mol. The Kier molecular flexibility index (Phi) is 8.11. The van der Waals surface area contributed by atoms with Crippen LogP contribution >= 0.6 is 0 Å². The number of ether oxygens (including phenoxy) is 1. The lowest BCUT2D eigenvalue weighted by molar-refractivity contribution is -0.126. The number of benzene rings is 1. The summed E-state index contributed by atoms with van der Waals surface area (Å²) in [6, 6.07) is 5.96. The zero-order valence-corrected chi connectivity index (χ0v) is 14.4. The van der Waals surface area contributed by atoms with Gasteiger partial charge in [0.1, 0.15) is 5.75 Å². The number of amides is 2. The average Bonchev–Trinajstić information content (AvgIpc) is 2.51. The molecule has 1 aromatic carbocycles. The van der Waals surface area contributed by atoms with Crippen LogP contribution in [0.25, 0.3) is 0 Å². The number of methoxy groups -OCH3 is 1. The zero-order valence-electron chi connectivity index (χ0n) is 14.4. The molecule has 23 heavy (non-hydrogen) atoms. The molecule has 0 aliphatic heterocycles. The molecule has 0 saturated heterocycles. The lowest BCUT2D eigenvalue weighted by atomic mass is 10.1. The quantitative estimate of drug-likeness (QED) is 0.714. The molecule has 2 amide bonds. The predicted octanol–water partition coefficient (Wildman–Crippen LogP) is 1.08. The van der Waals surface area contributed by atoms with Crippen molar-refractivity contribution in [1.82, 2.24) is 15.5 Å². The van der Waals surface area contributed by atoms with E-state index in [-0.39, 0.29) is 24.9 Å². The number of carbonyl (C=O) groups excluding carboxylic acids is 2. The van der Waals surface area contributed by atoms with Gasteiger partial charge >= 0.3 is 0 Å². The highest BCUT2D eigenvalue weighted by Crippen LogP contribution is 2.20. The fourth-order valence-corrected chi connectivity index (χ4v) is 2.18. The summed E-state index contributed by atoms with van der Waals surface area (Å²) in [6.45, 7) is 5.46. The molecule has 0 radical (unpaired) electrons. The SMILES string of the molecule is CCCNC(=O)CNC(=O)CN(C)Cc1cc(C)ccc1OC. The molecule has 0 unspecified atom stereocenters. The highest BCUT2D eigenvalue weighted by Gasteiger charge is 2.11. The molecule has 2 N–H and O–H groups in total. The van der Waals surface area contributed by atoms with Crippen LogP contribution in [0.5, 0.6) is 5.75 Å². The number of nitrogens with one attached hydrogen (secondary N) is 2. The maximum absolute atomic E-state index is 11.9. The second-order valence-electron chi connectivity index (χ2n) is 5.61. The lowest BCUT2D eigenvalue weighted by Gasteiger charge is -2.18. The van der Waals surface area contributed by atoms with E-state index in [0.29, 0.717) is 13.1 Å². The van der Waals surface area contributed by atoms with E-state index in [9.17, 15) is 9.59 Å². The zero-order chi connectivity index (χ0) is 17.2. The van der Waals surface area contributed by atoms with Gasteiger partial charge in [0.15, 0.2) is 0 Å². The molecule has 0 aliphatic carbocycles. The minimum Gasteiger partial charge on any atom is -0.496 e. The van der Waals surface area contributed by atoms with E-state index in [0.717, 1.165) is 23.3 Å². The minimum absolute atomic E-state index is 0.0143. The van der Waals surface area contributed by atoms with Crippen molar-refractivity contribution in [2.45, 2.75) is 26.8 Å². The van der Waals surface area contributed by atoms with Crippen LogP contribution in [0.15, 0.2) is 18.2 Å². The van der Waals surface area contributed by atoms with Crippen LogP contribution in [0.1, 0.15) is 24.5 Å². The number of nitrogens with zero attached hydrogens (tertiary/aromatic N) is 1. The molecule has 0 aliphatic rings. The van der Waals surface area contributed by atoms with Crippen molar-refractivity contribution in [3.05, 3.63) is 29.3 Å². The van der Waals surface area contributed by atoms with Crippen LogP contribution in [0.3, 0.4) is 0 Å². The summed E-state index contributed by atoms with van der Waals surface area (Å²) >= 11 is 0. The van der Waals surface area contributed by atoms with E-state index in [1.165, 1.54) is 0 Å². The number of carbonyl (C=O) groups is 2. The summed E-state index contributed by atoms with van der Waals surface area (Å²) < 4.78 is 5.34. The Morgan fingerprint density at radius 3 is 2.61 bits per heavy atom. The maximum Gasteiger partial charge on any atom is 0.239 e. The highest BCUT2D eigenvalue weighted by atomic mass is 16.5. The van der Waals surface area contributed by atoms with Crippen molar-refractivity contribution < 1.29 is 14.3 Å². The molecule has 6 heteroatoms. The normalized spacial score (nSPS) is 10.5. The first-order valence-electron chi connectivity index (χ1n) is 7.81. The molecule has 0 bridgehead atoms. The molecule has 1 rings (SSSR count). The summed E-state index contributed by atoms with van der Waals surface area (Å²) in [5.74, 6) is 0.468. The lowest BCUT2D eigenvalue weighted by Crippen LogP contribution is -2.41. The topological polar surface area (TPSA) is 70.7 Å². The van der Waals surface area contributed by atoms with Crippen LogP contribution in [0.4, 0.5) is 0 Å². The van der Waals surface area contributed by atoms with Crippen molar-refractivity contribution in [2.24, 2.45) is 0 Å². The largest absolute Gasteiger partial charge is 0.496 e. The van der Waals surface area contributed by atoms with Gasteiger partial charge in [-0.05, 0) is 26.5 Å². The summed E-state index contributed by atoms with van der Waals surface area (Å²) in [6.07, 6.45) is 0.876. The highest BCUT2D eigenvalue weighted by molar-refractivity contribution is 5.85. The average molecular weight is 321 g/mol. The standard InChI is InChI=1S/C17H27N3O3/c1-5-8-18-16(21)10-19-17(22)12-20(3)11-14-9-13(2)6-7-15(14)23-4/h6-7,9H,5,8,10-12H2,1-4H3,(H,18,21)(H,19,22). The molecule has 0 saturated carbocycles. The van der Waals surface area contributed by atoms with Crippen molar-refractivity contribution in [3.63, 3.8) is 0 Å². The number of hydrogen-bond acceptors (Lipinski definition) is 4. The summed E-state index contributed by atoms with van der Waals surface area (Å²) in [5.41, 5.74) is 2.18. The third kappa shape index (κ3) is 7.15. The Morgan fingerprint density at radius 1 is 1.22 bits per heavy atom. The number of hydrogen-bond donors (Lipinski definition) is 2. The van der Waals surface area contributed by atoms with E-state index < -0.39 is 0 Å².